The van der Waals surface area contributed by atoms with Gasteiger partial charge in [0.2, 0.25) is 0 Å². The van der Waals surface area contributed by atoms with Gasteiger partial charge in [-0.3, -0.25) is 0 Å². The SMILES string of the molecule is CC(C)NCC(CCSC(F)(F)F)Cc1ccc(Cl)cc1. The largest absolute Gasteiger partial charge is 0.441 e. The zero-order valence-electron chi connectivity index (χ0n) is 12.2. The van der Waals surface area contributed by atoms with Gasteiger partial charge < -0.3 is 5.32 Å². The highest BCUT2D eigenvalue weighted by Gasteiger charge is 2.28. The fourth-order valence-corrected chi connectivity index (χ4v) is 2.78. The first-order valence-electron chi connectivity index (χ1n) is 6.95. The van der Waals surface area contributed by atoms with E-state index in [1.54, 1.807) is 0 Å². The molecule has 0 aliphatic rings. The van der Waals surface area contributed by atoms with E-state index in [1.807, 2.05) is 38.1 Å². The highest BCUT2D eigenvalue weighted by Crippen LogP contribution is 2.31. The summed E-state index contributed by atoms with van der Waals surface area (Å²) in [6, 6.07) is 7.82. The summed E-state index contributed by atoms with van der Waals surface area (Å²) in [5, 5.41) is 3.98. The highest BCUT2D eigenvalue weighted by atomic mass is 35.5. The van der Waals surface area contributed by atoms with Gasteiger partial charge in [-0.1, -0.05) is 49.3 Å². The van der Waals surface area contributed by atoms with E-state index in [0.29, 0.717) is 17.5 Å². The second-order valence-corrected chi connectivity index (χ2v) is 6.94. The molecule has 0 heterocycles. The molecular weight excluding hydrogens is 319 g/mol. The normalized spacial score (nSPS) is 13.7. The van der Waals surface area contributed by atoms with Crippen molar-refractivity contribution in [1.29, 1.82) is 0 Å². The molecule has 0 aromatic heterocycles. The highest BCUT2D eigenvalue weighted by molar-refractivity contribution is 8.00. The Bertz CT molecular complexity index is 406. The molecule has 1 aromatic carbocycles. The Labute approximate surface area is 133 Å². The molecule has 21 heavy (non-hydrogen) atoms. The Hall–Kier alpha value is -0.390. The molecular formula is C15H21ClF3NS. The summed E-state index contributed by atoms with van der Waals surface area (Å²) in [4.78, 5) is 0. The third-order valence-corrected chi connectivity index (χ3v) is 4.06. The van der Waals surface area contributed by atoms with Gasteiger partial charge in [-0.25, -0.2) is 0 Å². The van der Waals surface area contributed by atoms with E-state index in [2.05, 4.69) is 5.32 Å². The monoisotopic (exact) mass is 339 g/mol. The first kappa shape index (κ1) is 18.7. The molecule has 1 aromatic rings. The van der Waals surface area contributed by atoms with Gasteiger partial charge in [-0.05, 0) is 43.0 Å². The van der Waals surface area contributed by atoms with Gasteiger partial charge in [-0.15, -0.1) is 0 Å². The van der Waals surface area contributed by atoms with Crippen molar-refractivity contribution in [2.75, 3.05) is 12.3 Å². The van der Waals surface area contributed by atoms with Crippen LogP contribution in [0, 0.1) is 5.92 Å². The molecule has 1 atom stereocenters. The Morgan fingerprint density at radius 3 is 2.33 bits per heavy atom. The van der Waals surface area contributed by atoms with Crippen molar-refractivity contribution in [1.82, 2.24) is 5.32 Å². The smallest absolute Gasteiger partial charge is 0.314 e. The van der Waals surface area contributed by atoms with Crippen LogP contribution in [0.3, 0.4) is 0 Å². The van der Waals surface area contributed by atoms with Crippen LogP contribution in [0.15, 0.2) is 24.3 Å². The van der Waals surface area contributed by atoms with E-state index in [0.717, 1.165) is 18.5 Å². The molecule has 0 saturated heterocycles. The minimum absolute atomic E-state index is 0.0603. The van der Waals surface area contributed by atoms with Crippen LogP contribution in [0.5, 0.6) is 0 Å². The average molecular weight is 340 g/mol. The van der Waals surface area contributed by atoms with Crippen molar-refractivity contribution in [3.8, 4) is 0 Å². The number of thioether (sulfide) groups is 1. The van der Waals surface area contributed by atoms with Crippen molar-refractivity contribution in [3.63, 3.8) is 0 Å². The van der Waals surface area contributed by atoms with Gasteiger partial charge in [0.15, 0.2) is 0 Å². The second kappa shape index (κ2) is 8.91. The summed E-state index contributed by atoms with van der Waals surface area (Å²) in [6.45, 7) is 4.78. The van der Waals surface area contributed by atoms with Crippen LogP contribution in [-0.2, 0) is 6.42 Å². The molecule has 1 N–H and O–H groups in total. The summed E-state index contributed by atoms with van der Waals surface area (Å²) >= 11 is 5.90. The predicted octanol–water partition coefficient (Wildman–Crippen LogP) is 5.14. The Kier molecular flexibility index (Phi) is 7.92. The molecule has 0 aliphatic heterocycles. The van der Waals surface area contributed by atoms with Crippen LogP contribution in [0.25, 0.3) is 0 Å². The first-order chi connectivity index (χ1) is 9.76. The third kappa shape index (κ3) is 9.27. The lowest BCUT2D eigenvalue weighted by molar-refractivity contribution is -0.0328. The number of hydrogen-bond donors (Lipinski definition) is 1. The lowest BCUT2D eigenvalue weighted by Gasteiger charge is -2.19. The summed E-state index contributed by atoms with van der Waals surface area (Å²) < 4.78 is 36.7. The second-order valence-electron chi connectivity index (χ2n) is 5.34. The minimum Gasteiger partial charge on any atom is -0.314 e. The Morgan fingerprint density at radius 1 is 1.19 bits per heavy atom. The van der Waals surface area contributed by atoms with Gasteiger partial charge in [0, 0.05) is 16.8 Å². The van der Waals surface area contributed by atoms with Gasteiger partial charge in [0.25, 0.3) is 0 Å². The maximum Gasteiger partial charge on any atom is 0.441 e. The molecule has 1 nitrogen and oxygen atoms in total. The lowest BCUT2D eigenvalue weighted by Crippen LogP contribution is -2.30. The Balaban J connectivity index is 2.52. The maximum absolute atomic E-state index is 12.2. The van der Waals surface area contributed by atoms with E-state index in [1.165, 1.54) is 0 Å². The zero-order valence-corrected chi connectivity index (χ0v) is 13.8. The van der Waals surface area contributed by atoms with E-state index >= 15 is 0 Å². The summed E-state index contributed by atoms with van der Waals surface area (Å²) in [5.41, 5.74) is -3.04. The molecule has 0 aliphatic carbocycles. The molecule has 0 amide bonds. The molecule has 0 radical (unpaired) electrons. The standard InChI is InChI=1S/C15H21ClF3NS/c1-11(2)20-10-13(7-8-21-15(17,18)19)9-12-3-5-14(16)6-4-12/h3-6,11,13,20H,7-10H2,1-2H3. The molecule has 0 spiro atoms. The lowest BCUT2D eigenvalue weighted by atomic mass is 9.96. The van der Waals surface area contributed by atoms with Gasteiger partial charge in [-0.2, -0.15) is 13.2 Å². The van der Waals surface area contributed by atoms with E-state index in [9.17, 15) is 13.2 Å². The van der Waals surface area contributed by atoms with E-state index in [-0.39, 0.29) is 23.4 Å². The summed E-state index contributed by atoms with van der Waals surface area (Å²) in [5.74, 6) is 0.282. The van der Waals surface area contributed by atoms with Crippen LogP contribution >= 0.6 is 23.4 Å². The van der Waals surface area contributed by atoms with E-state index in [4.69, 9.17) is 11.6 Å². The summed E-state index contributed by atoms with van der Waals surface area (Å²) in [7, 11) is 0. The number of alkyl halides is 3. The first-order valence-corrected chi connectivity index (χ1v) is 8.31. The predicted molar refractivity (Wildman–Crippen MR) is 84.9 cm³/mol. The van der Waals surface area contributed by atoms with Crippen LogP contribution in [0.1, 0.15) is 25.8 Å². The van der Waals surface area contributed by atoms with Gasteiger partial charge >= 0.3 is 5.51 Å². The van der Waals surface area contributed by atoms with Crippen molar-refractivity contribution < 1.29 is 13.2 Å². The molecule has 6 heteroatoms. The molecule has 0 fully saturated rings. The average Bonchev–Trinajstić information content (AvgIpc) is 2.36. The Morgan fingerprint density at radius 2 is 1.81 bits per heavy atom. The van der Waals surface area contributed by atoms with Crippen LogP contribution in [0.4, 0.5) is 13.2 Å². The van der Waals surface area contributed by atoms with Crippen LogP contribution in [-0.4, -0.2) is 23.8 Å². The van der Waals surface area contributed by atoms with Crippen LogP contribution < -0.4 is 5.32 Å². The van der Waals surface area contributed by atoms with Gasteiger partial charge in [0.1, 0.15) is 0 Å². The number of halogens is 4. The number of benzene rings is 1. The topological polar surface area (TPSA) is 12.0 Å². The number of hydrogen-bond acceptors (Lipinski definition) is 2. The molecule has 0 saturated carbocycles. The van der Waals surface area contributed by atoms with Crippen molar-refractivity contribution in [2.45, 2.75) is 38.2 Å². The van der Waals surface area contributed by atoms with Crippen LogP contribution in [0.2, 0.25) is 5.02 Å². The summed E-state index contributed by atoms with van der Waals surface area (Å²) in [6.07, 6.45) is 1.29. The molecule has 1 rings (SSSR count). The quantitative estimate of drug-likeness (QED) is 0.703. The molecule has 1 unspecified atom stereocenters. The fourth-order valence-electron chi connectivity index (χ4n) is 1.97. The van der Waals surface area contributed by atoms with Gasteiger partial charge in [0.05, 0.1) is 0 Å². The molecule has 0 bridgehead atoms. The van der Waals surface area contributed by atoms with Crippen molar-refractivity contribution in [3.05, 3.63) is 34.9 Å². The number of rotatable bonds is 8. The third-order valence-electron chi connectivity index (χ3n) is 3.04. The zero-order chi connectivity index (χ0) is 15.9. The van der Waals surface area contributed by atoms with E-state index < -0.39 is 5.51 Å². The fraction of sp³-hybridized carbons (Fsp3) is 0.600. The van der Waals surface area contributed by atoms with Crippen molar-refractivity contribution >= 4 is 23.4 Å². The minimum atomic E-state index is -4.14. The van der Waals surface area contributed by atoms with Crippen molar-refractivity contribution in [2.24, 2.45) is 5.92 Å². The number of nitrogens with one attached hydrogen (secondary N) is 1. The molecule has 120 valence electrons. The maximum atomic E-state index is 12.2.